The lowest BCUT2D eigenvalue weighted by Crippen LogP contribution is -2.36. The number of hydrogen-bond donors (Lipinski definition) is 0. The smallest absolute Gasteiger partial charge is 0.257 e. The van der Waals surface area contributed by atoms with Gasteiger partial charge in [-0.25, -0.2) is 4.39 Å². The maximum absolute atomic E-state index is 13.9. The summed E-state index contributed by atoms with van der Waals surface area (Å²) in [4.78, 5) is 14.4. The molecule has 1 aliphatic carbocycles. The van der Waals surface area contributed by atoms with Crippen LogP contribution in [0, 0.1) is 18.7 Å². The van der Waals surface area contributed by atoms with Gasteiger partial charge in [0.25, 0.3) is 5.91 Å². The molecule has 0 aromatic heterocycles. The fraction of sp³-hybridized carbons (Fsp3) is 0.500. The zero-order valence-electron chi connectivity index (χ0n) is 12.8. The van der Waals surface area contributed by atoms with Gasteiger partial charge in [-0.3, -0.25) is 4.79 Å². The Hall–Kier alpha value is -1.64. The van der Waals surface area contributed by atoms with Crippen molar-refractivity contribution in [2.45, 2.75) is 39.0 Å². The normalized spacial score (nSPS) is 15.7. The lowest BCUT2D eigenvalue weighted by molar-refractivity contribution is 0.0730. The fourth-order valence-electron chi connectivity index (χ4n) is 3.05. The number of amides is 1. The summed E-state index contributed by atoms with van der Waals surface area (Å²) >= 11 is 0. The molecule has 114 valence electrons. The minimum absolute atomic E-state index is 0.174. The first-order valence-corrected chi connectivity index (χ1v) is 7.78. The van der Waals surface area contributed by atoms with Crippen molar-refractivity contribution in [2.75, 3.05) is 13.1 Å². The molecular weight excluding hydrogens is 265 g/mol. The number of carbonyl (C=O) groups is 1. The zero-order chi connectivity index (χ0) is 15.2. The Kier molecular flexibility index (Phi) is 5.54. The molecule has 0 saturated heterocycles. The molecule has 0 unspecified atom stereocenters. The standard InChI is InChI=1S/C18H24FNO/c1-3-11-20(13-15-7-5-4-6-8-15)18(21)16-12-14(2)9-10-17(16)19/h3,9-10,12,15H,1,4-8,11,13H2,2H3. The Morgan fingerprint density at radius 1 is 1.38 bits per heavy atom. The van der Waals surface area contributed by atoms with Crippen LogP contribution >= 0.6 is 0 Å². The van der Waals surface area contributed by atoms with Gasteiger partial charge in [-0.15, -0.1) is 6.58 Å². The van der Waals surface area contributed by atoms with Gasteiger partial charge in [0, 0.05) is 13.1 Å². The first kappa shape index (κ1) is 15.7. The van der Waals surface area contributed by atoms with Crippen LogP contribution in [0.2, 0.25) is 0 Å². The van der Waals surface area contributed by atoms with Gasteiger partial charge in [0.2, 0.25) is 0 Å². The molecule has 0 heterocycles. The second-order valence-corrected chi connectivity index (χ2v) is 5.99. The van der Waals surface area contributed by atoms with Gasteiger partial charge in [-0.05, 0) is 37.8 Å². The highest BCUT2D eigenvalue weighted by Gasteiger charge is 2.23. The third-order valence-electron chi connectivity index (χ3n) is 4.19. The molecule has 1 aliphatic rings. The minimum atomic E-state index is -0.441. The Morgan fingerprint density at radius 2 is 2.10 bits per heavy atom. The number of nitrogens with zero attached hydrogens (tertiary/aromatic N) is 1. The number of hydrogen-bond acceptors (Lipinski definition) is 1. The van der Waals surface area contributed by atoms with E-state index in [-0.39, 0.29) is 11.5 Å². The summed E-state index contributed by atoms with van der Waals surface area (Å²) in [6.45, 7) is 6.77. The van der Waals surface area contributed by atoms with E-state index >= 15 is 0 Å². The van der Waals surface area contributed by atoms with Crippen molar-refractivity contribution in [3.63, 3.8) is 0 Å². The highest BCUT2D eigenvalue weighted by molar-refractivity contribution is 5.94. The second-order valence-electron chi connectivity index (χ2n) is 5.99. The first-order chi connectivity index (χ1) is 10.1. The Labute approximate surface area is 126 Å². The number of aryl methyl sites for hydroxylation is 1. The Bertz CT molecular complexity index is 506. The summed E-state index contributed by atoms with van der Waals surface area (Å²) < 4.78 is 13.9. The first-order valence-electron chi connectivity index (χ1n) is 7.78. The summed E-state index contributed by atoms with van der Waals surface area (Å²) in [6.07, 6.45) is 7.81. The van der Waals surface area contributed by atoms with Crippen molar-refractivity contribution in [3.05, 3.63) is 47.8 Å². The molecule has 0 aliphatic heterocycles. The Morgan fingerprint density at radius 3 is 2.76 bits per heavy atom. The van der Waals surface area contributed by atoms with Crippen LogP contribution in [0.3, 0.4) is 0 Å². The number of carbonyl (C=O) groups excluding carboxylic acids is 1. The van der Waals surface area contributed by atoms with E-state index in [1.165, 1.54) is 25.3 Å². The molecule has 0 N–H and O–H groups in total. The summed E-state index contributed by atoms with van der Waals surface area (Å²) in [7, 11) is 0. The Balaban J connectivity index is 2.14. The van der Waals surface area contributed by atoms with Crippen molar-refractivity contribution in [1.82, 2.24) is 4.90 Å². The van der Waals surface area contributed by atoms with E-state index in [1.807, 2.05) is 6.92 Å². The molecule has 0 bridgehead atoms. The molecule has 0 spiro atoms. The lowest BCUT2D eigenvalue weighted by atomic mass is 9.89. The van der Waals surface area contributed by atoms with E-state index in [9.17, 15) is 9.18 Å². The molecule has 1 aromatic rings. The van der Waals surface area contributed by atoms with Crippen molar-refractivity contribution >= 4 is 5.91 Å². The fourth-order valence-corrected chi connectivity index (χ4v) is 3.05. The van der Waals surface area contributed by atoms with Gasteiger partial charge in [-0.1, -0.05) is 37.0 Å². The molecule has 1 aromatic carbocycles. The molecule has 0 radical (unpaired) electrons. The second kappa shape index (κ2) is 7.39. The van der Waals surface area contributed by atoms with Crippen molar-refractivity contribution < 1.29 is 9.18 Å². The molecule has 2 rings (SSSR count). The van der Waals surface area contributed by atoms with Gasteiger partial charge in [0.15, 0.2) is 0 Å². The van der Waals surface area contributed by atoms with Gasteiger partial charge >= 0.3 is 0 Å². The molecular formula is C18H24FNO. The molecule has 0 atom stereocenters. The van der Waals surface area contributed by atoms with Crippen LogP contribution in [0.4, 0.5) is 4.39 Å². The van der Waals surface area contributed by atoms with Crippen LogP contribution < -0.4 is 0 Å². The molecule has 1 saturated carbocycles. The molecule has 3 heteroatoms. The largest absolute Gasteiger partial charge is 0.335 e. The predicted molar refractivity (Wildman–Crippen MR) is 83.8 cm³/mol. The number of rotatable bonds is 5. The monoisotopic (exact) mass is 289 g/mol. The lowest BCUT2D eigenvalue weighted by Gasteiger charge is -2.29. The number of halogens is 1. The van der Waals surface area contributed by atoms with E-state index < -0.39 is 5.82 Å². The third kappa shape index (κ3) is 4.16. The number of benzene rings is 1. The van der Waals surface area contributed by atoms with Gasteiger partial charge in [-0.2, -0.15) is 0 Å². The topological polar surface area (TPSA) is 20.3 Å². The maximum atomic E-state index is 13.9. The highest BCUT2D eigenvalue weighted by Crippen LogP contribution is 2.25. The molecule has 1 amide bonds. The van der Waals surface area contributed by atoms with Crippen molar-refractivity contribution in [2.24, 2.45) is 5.92 Å². The highest BCUT2D eigenvalue weighted by atomic mass is 19.1. The van der Waals surface area contributed by atoms with Crippen molar-refractivity contribution in [3.8, 4) is 0 Å². The summed E-state index contributed by atoms with van der Waals surface area (Å²) in [5.74, 6) is -0.125. The van der Waals surface area contributed by atoms with E-state index in [4.69, 9.17) is 0 Å². The quantitative estimate of drug-likeness (QED) is 0.738. The molecule has 21 heavy (non-hydrogen) atoms. The summed E-state index contributed by atoms with van der Waals surface area (Å²) in [5, 5.41) is 0. The molecule has 2 nitrogen and oxygen atoms in total. The minimum Gasteiger partial charge on any atom is -0.335 e. The van der Waals surface area contributed by atoms with Crippen LogP contribution in [-0.2, 0) is 0 Å². The summed E-state index contributed by atoms with van der Waals surface area (Å²) in [6, 6.07) is 4.69. The molecule has 1 fully saturated rings. The zero-order valence-corrected chi connectivity index (χ0v) is 12.8. The van der Waals surface area contributed by atoms with E-state index in [0.29, 0.717) is 19.0 Å². The average molecular weight is 289 g/mol. The third-order valence-corrected chi connectivity index (χ3v) is 4.19. The SMILES string of the molecule is C=CCN(CC1CCCCC1)C(=O)c1cc(C)ccc1F. The van der Waals surface area contributed by atoms with Crippen LogP contribution in [0.15, 0.2) is 30.9 Å². The van der Waals surface area contributed by atoms with Gasteiger partial charge in [0.1, 0.15) is 5.82 Å². The van der Waals surface area contributed by atoms with Crippen LogP contribution in [-0.4, -0.2) is 23.9 Å². The van der Waals surface area contributed by atoms with E-state index in [2.05, 4.69) is 6.58 Å². The maximum Gasteiger partial charge on any atom is 0.257 e. The van der Waals surface area contributed by atoms with E-state index in [0.717, 1.165) is 18.4 Å². The van der Waals surface area contributed by atoms with Crippen molar-refractivity contribution in [1.29, 1.82) is 0 Å². The van der Waals surface area contributed by atoms with E-state index in [1.54, 1.807) is 23.1 Å². The van der Waals surface area contributed by atoms with Gasteiger partial charge < -0.3 is 4.90 Å². The average Bonchev–Trinajstić information content (AvgIpc) is 2.49. The van der Waals surface area contributed by atoms with Crippen LogP contribution in [0.1, 0.15) is 48.0 Å². The van der Waals surface area contributed by atoms with Crippen LogP contribution in [0.5, 0.6) is 0 Å². The predicted octanol–water partition coefficient (Wildman–Crippen LogP) is 4.34. The summed E-state index contributed by atoms with van der Waals surface area (Å²) in [5.41, 5.74) is 1.07. The van der Waals surface area contributed by atoms with Gasteiger partial charge in [0.05, 0.1) is 5.56 Å². The van der Waals surface area contributed by atoms with Crippen LogP contribution in [0.25, 0.3) is 0 Å².